The molecule has 0 atom stereocenters. The molecule has 0 nitrogen and oxygen atoms in total. The molecular formula is C45H30. The average Bonchev–Trinajstić information content (AvgIpc) is 3.65. The van der Waals surface area contributed by atoms with Crippen LogP contribution in [0.4, 0.5) is 0 Å². The van der Waals surface area contributed by atoms with Crippen LogP contribution in [-0.2, 0) is 6.42 Å². The molecule has 0 heterocycles. The summed E-state index contributed by atoms with van der Waals surface area (Å²) >= 11 is 0. The van der Waals surface area contributed by atoms with Crippen molar-refractivity contribution < 1.29 is 20.6 Å². The second kappa shape index (κ2) is 10.5. The summed E-state index contributed by atoms with van der Waals surface area (Å²) in [6.45, 7) is 0. The predicted octanol–water partition coefficient (Wildman–Crippen LogP) is 12.2. The lowest BCUT2D eigenvalue weighted by atomic mass is 9.84. The summed E-state index contributed by atoms with van der Waals surface area (Å²) in [6.07, 6.45) is -0.271. The summed E-state index contributed by atoms with van der Waals surface area (Å²) in [4.78, 5) is 0. The number of fused-ring (bicyclic) bond motifs is 5. The molecule has 45 heavy (non-hydrogen) atoms. The molecule has 0 aliphatic heterocycles. The molecular weight excluding hydrogens is 540 g/mol. The summed E-state index contributed by atoms with van der Waals surface area (Å²) in [5.74, 6) is 0. The van der Waals surface area contributed by atoms with Crippen molar-refractivity contribution in [1.29, 1.82) is 0 Å². The van der Waals surface area contributed by atoms with Crippen LogP contribution in [0.2, 0.25) is 0 Å². The first kappa shape index (κ1) is 14.8. The van der Waals surface area contributed by atoms with Crippen LogP contribution in [0.1, 0.15) is 31.7 Å². The van der Waals surface area contributed by atoms with Gasteiger partial charge in [0.1, 0.15) is 0 Å². The van der Waals surface area contributed by atoms with Crippen LogP contribution in [0.25, 0.3) is 77.2 Å². The van der Waals surface area contributed by atoms with E-state index in [1.165, 1.54) is 0 Å². The maximum atomic E-state index is 9.97. The summed E-state index contributed by atoms with van der Waals surface area (Å²) < 4.78 is 135. The van der Waals surface area contributed by atoms with E-state index in [9.17, 15) is 6.85 Å². The minimum absolute atomic E-state index is 0.0272. The van der Waals surface area contributed by atoms with E-state index in [2.05, 4.69) is 0 Å². The molecule has 0 bridgehead atoms. The maximum Gasteiger partial charge on any atom is 0.0636 e. The van der Waals surface area contributed by atoms with Gasteiger partial charge >= 0.3 is 0 Å². The van der Waals surface area contributed by atoms with Gasteiger partial charge in [0.05, 0.1) is 20.6 Å². The highest BCUT2D eigenvalue weighted by molar-refractivity contribution is 6.21. The summed E-state index contributed by atoms with van der Waals surface area (Å²) in [7, 11) is 0. The Hall–Kier alpha value is -5.72. The largest absolute Gasteiger partial charge is 0.0636 e. The number of hydrogen-bond acceptors (Lipinski definition) is 0. The SMILES string of the molecule is [2H]c1c([2H])c([2H])c(-c2c([2H])c([2H])c([2H])c3c2-c2c(c([2H])c([2H])c([2H])c2-c2c([2H])c([2H])c([2H])c(-c4c5ccccc5c(-c5ccccc5)c5ccccc45)c2[2H])C3)c([2H])c1[2H]. The van der Waals surface area contributed by atoms with Gasteiger partial charge in [-0.05, 0) is 101 Å². The van der Waals surface area contributed by atoms with Gasteiger partial charge in [-0.2, -0.15) is 0 Å². The Balaban J connectivity index is 1.46. The van der Waals surface area contributed by atoms with Crippen molar-refractivity contribution in [2.75, 3.05) is 0 Å². The highest BCUT2D eigenvalue weighted by atomic mass is 14.3. The molecule has 0 saturated heterocycles. The van der Waals surface area contributed by atoms with E-state index >= 15 is 0 Å². The molecule has 0 heteroatoms. The molecule has 9 rings (SSSR count). The summed E-state index contributed by atoms with van der Waals surface area (Å²) in [5, 5.41) is 2.88. The molecule has 0 aromatic heterocycles. The average molecular weight is 586 g/mol. The molecule has 1 aliphatic carbocycles. The zero-order chi connectivity index (χ0) is 42.8. The molecule has 0 fully saturated rings. The van der Waals surface area contributed by atoms with Gasteiger partial charge in [0.15, 0.2) is 0 Å². The van der Waals surface area contributed by atoms with Crippen LogP contribution >= 0.6 is 0 Å². The lowest BCUT2D eigenvalue weighted by molar-refractivity contribution is 1.26. The minimum Gasteiger partial charge on any atom is -0.0622 e. The Morgan fingerprint density at radius 1 is 0.356 bits per heavy atom. The van der Waals surface area contributed by atoms with Crippen LogP contribution in [0.5, 0.6) is 0 Å². The third kappa shape index (κ3) is 4.14. The fourth-order valence-electron chi connectivity index (χ4n) is 6.54. The van der Waals surface area contributed by atoms with Crippen LogP contribution in [0.3, 0.4) is 0 Å². The lowest BCUT2D eigenvalue weighted by Crippen LogP contribution is -1.92. The number of rotatable bonds is 4. The van der Waals surface area contributed by atoms with Crippen LogP contribution in [0, 0.1) is 0 Å². The third-order valence-electron chi connectivity index (χ3n) is 8.38. The van der Waals surface area contributed by atoms with E-state index in [-0.39, 0.29) is 50.9 Å². The van der Waals surface area contributed by atoms with Gasteiger partial charge in [0.25, 0.3) is 0 Å². The van der Waals surface area contributed by atoms with Gasteiger partial charge in [0, 0.05) is 0 Å². The summed E-state index contributed by atoms with van der Waals surface area (Å²) in [6, 6.07) is 15.9. The Morgan fingerprint density at radius 3 is 1.42 bits per heavy atom. The highest BCUT2D eigenvalue weighted by Gasteiger charge is 2.25. The monoisotopic (exact) mass is 585 g/mol. The van der Waals surface area contributed by atoms with Gasteiger partial charge < -0.3 is 0 Å². The first-order valence-corrected chi connectivity index (χ1v) is 14.5. The van der Waals surface area contributed by atoms with Crippen molar-refractivity contribution in [3.8, 4) is 55.6 Å². The third-order valence-corrected chi connectivity index (χ3v) is 8.38. The first-order chi connectivity index (χ1) is 28.6. The standard InChI is InChI=1S/C45H30/c1-3-14-30(15-4-1)36-26-12-20-34-29-35-21-13-27-37(45(35)44(34)36)32-18-11-19-33(28-32)43-40-24-9-7-22-38(40)42(31-16-5-2-6-17-31)39-23-8-10-25-41(39)43/h1-28H,29H2/i1D,3D,4D,11D,12D,13D,14D,15D,18D,19D,20D,21D,26D,27D,28D. The topological polar surface area (TPSA) is 0 Å². The maximum absolute atomic E-state index is 9.97. The van der Waals surface area contributed by atoms with Gasteiger partial charge in [-0.1, -0.05) is 163 Å². The number of benzene rings is 8. The fraction of sp³-hybridized carbons (Fsp3) is 0.0222. The van der Waals surface area contributed by atoms with E-state index < -0.39 is 96.2 Å². The van der Waals surface area contributed by atoms with Crippen LogP contribution in [0.15, 0.2) is 169 Å². The quantitative estimate of drug-likeness (QED) is 0.180. The second-order valence-electron chi connectivity index (χ2n) is 10.8. The Morgan fingerprint density at radius 2 is 0.822 bits per heavy atom. The van der Waals surface area contributed by atoms with Crippen molar-refractivity contribution in [3.05, 3.63) is 181 Å². The van der Waals surface area contributed by atoms with E-state index in [1.807, 2.05) is 78.9 Å². The normalized spacial score (nSPS) is 16.6. The van der Waals surface area contributed by atoms with Crippen molar-refractivity contribution in [3.63, 3.8) is 0 Å². The van der Waals surface area contributed by atoms with Crippen molar-refractivity contribution >= 4 is 21.5 Å². The lowest BCUT2D eigenvalue weighted by Gasteiger charge is -2.19. The zero-order valence-corrected chi connectivity index (χ0v) is 23.7. The smallest absolute Gasteiger partial charge is 0.0622 e. The van der Waals surface area contributed by atoms with E-state index in [0.717, 1.165) is 21.9 Å². The molecule has 0 amide bonds. The molecule has 210 valence electrons. The van der Waals surface area contributed by atoms with Gasteiger partial charge in [-0.15, -0.1) is 0 Å². The molecule has 1 aliphatic rings. The molecule has 8 aromatic rings. The minimum atomic E-state index is -0.711. The van der Waals surface area contributed by atoms with Crippen LogP contribution in [-0.4, -0.2) is 0 Å². The number of hydrogen-bond donors (Lipinski definition) is 0. The van der Waals surface area contributed by atoms with Gasteiger partial charge in [-0.3, -0.25) is 0 Å². The molecule has 0 N–H and O–H groups in total. The highest BCUT2D eigenvalue weighted by Crippen LogP contribution is 2.49. The van der Waals surface area contributed by atoms with E-state index in [1.54, 1.807) is 0 Å². The van der Waals surface area contributed by atoms with E-state index in [4.69, 9.17) is 13.7 Å². The Kier molecular flexibility index (Phi) is 3.45. The Bertz CT molecular complexity index is 3140. The molecule has 0 spiro atoms. The summed E-state index contributed by atoms with van der Waals surface area (Å²) in [5.41, 5.74) is 0.815. The van der Waals surface area contributed by atoms with Crippen molar-refractivity contribution in [2.45, 2.75) is 6.42 Å². The molecule has 8 aromatic carbocycles. The van der Waals surface area contributed by atoms with E-state index in [0.29, 0.717) is 16.3 Å². The zero-order valence-electron chi connectivity index (χ0n) is 38.7. The second-order valence-corrected chi connectivity index (χ2v) is 10.8. The van der Waals surface area contributed by atoms with Crippen molar-refractivity contribution in [1.82, 2.24) is 0 Å². The van der Waals surface area contributed by atoms with Gasteiger partial charge in [0.2, 0.25) is 0 Å². The van der Waals surface area contributed by atoms with Gasteiger partial charge in [-0.25, -0.2) is 0 Å². The molecule has 0 unspecified atom stereocenters. The predicted molar refractivity (Wildman–Crippen MR) is 191 cm³/mol. The first-order valence-electron chi connectivity index (χ1n) is 22.0. The Labute approximate surface area is 285 Å². The fourth-order valence-corrected chi connectivity index (χ4v) is 6.54. The molecule has 0 radical (unpaired) electrons. The van der Waals surface area contributed by atoms with Crippen LogP contribution < -0.4 is 0 Å². The molecule has 0 saturated carbocycles. The van der Waals surface area contributed by atoms with Crippen molar-refractivity contribution in [2.24, 2.45) is 0 Å².